The number of hydrogen-bond donors (Lipinski definition) is 3. The van der Waals surface area contributed by atoms with Crippen molar-refractivity contribution in [3.8, 4) is 11.8 Å². The molecule has 0 bridgehead atoms. The third kappa shape index (κ3) is 4.81. The lowest BCUT2D eigenvalue weighted by Gasteiger charge is -2.09. The number of ether oxygens (including phenoxy) is 3. The van der Waals surface area contributed by atoms with Gasteiger partial charge in [0, 0.05) is 0 Å². The van der Waals surface area contributed by atoms with E-state index in [2.05, 4.69) is 25.5 Å². The molecule has 0 aliphatic heterocycles. The van der Waals surface area contributed by atoms with Crippen LogP contribution < -0.4 is 19.5 Å². The van der Waals surface area contributed by atoms with Gasteiger partial charge in [-0.3, -0.25) is 10.4 Å². The molecule has 2 aromatic rings. The van der Waals surface area contributed by atoms with E-state index in [0.717, 1.165) is 6.20 Å². The molecule has 14 heteroatoms. The van der Waals surface area contributed by atoms with Crippen molar-refractivity contribution < 1.29 is 32.2 Å². The number of carbonyl (C=O) groups excluding carboxylic acids is 2. The van der Waals surface area contributed by atoms with Crippen molar-refractivity contribution in [1.29, 1.82) is 0 Å². The number of urea groups is 1. The predicted molar refractivity (Wildman–Crippen MR) is 89.0 cm³/mol. The van der Waals surface area contributed by atoms with E-state index in [1.54, 1.807) is 11.6 Å². The van der Waals surface area contributed by atoms with Gasteiger partial charge in [0.05, 0.1) is 33.1 Å². The average molecular weight is 400 g/mol. The molecule has 3 N–H and O–H groups in total. The van der Waals surface area contributed by atoms with E-state index in [9.17, 15) is 18.0 Å². The molecule has 13 nitrogen and oxygen atoms in total. The first-order valence-electron chi connectivity index (χ1n) is 7.32. The fourth-order valence-corrected chi connectivity index (χ4v) is 2.80. The van der Waals surface area contributed by atoms with Crippen LogP contribution in [0.5, 0.6) is 11.8 Å². The second-order valence-electron chi connectivity index (χ2n) is 4.67. The Morgan fingerprint density at radius 1 is 1.19 bits per heavy atom. The summed E-state index contributed by atoms with van der Waals surface area (Å²) < 4.78 is 40.9. The van der Waals surface area contributed by atoms with E-state index in [-0.39, 0.29) is 29.9 Å². The monoisotopic (exact) mass is 400 g/mol. The molecule has 0 aliphatic rings. The second-order valence-corrected chi connectivity index (χ2v) is 6.29. The molecule has 0 radical (unpaired) electrons. The van der Waals surface area contributed by atoms with Crippen molar-refractivity contribution in [1.82, 2.24) is 24.9 Å². The van der Waals surface area contributed by atoms with Gasteiger partial charge in [-0.2, -0.15) is 23.5 Å². The molecule has 2 aromatic heterocycles. The highest BCUT2D eigenvalue weighted by atomic mass is 32.2. The lowest BCUT2D eigenvalue weighted by atomic mass is 10.4. The lowest BCUT2D eigenvalue weighted by molar-refractivity contribution is 0.0521. The maximum atomic E-state index is 12.3. The van der Waals surface area contributed by atoms with Crippen LogP contribution in [-0.2, 0) is 14.8 Å². The number of H-pyrrole nitrogens is 1. The van der Waals surface area contributed by atoms with Crippen molar-refractivity contribution in [3.05, 3.63) is 17.8 Å². The largest absolute Gasteiger partial charge is 0.481 e. The molecule has 0 saturated carbocycles. The van der Waals surface area contributed by atoms with Gasteiger partial charge in [-0.15, -0.1) is 0 Å². The minimum atomic E-state index is -4.46. The highest BCUT2D eigenvalue weighted by molar-refractivity contribution is 7.90. The summed E-state index contributed by atoms with van der Waals surface area (Å²) in [5, 5.41) is 7.13. The summed E-state index contributed by atoms with van der Waals surface area (Å²) in [4.78, 5) is 31.4. The molecule has 27 heavy (non-hydrogen) atoms. The van der Waals surface area contributed by atoms with Crippen molar-refractivity contribution in [2.75, 3.05) is 26.1 Å². The molecular formula is C13H16N6O7S. The Labute approximate surface area is 153 Å². The van der Waals surface area contributed by atoms with Crippen molar-refractivity contribution >= 4 is 28.0 Å². The molecule has 2 rings (SSSR count). The predicted octanol–water partition coefficient (Wildman–Crippen LogP) is -0.0960. The number of sulfonamides is 1. The second kappa shape index (κ2) is 8.31. The van der Waals surface area contributed by atoms with E-state index in [1.165, 1.54) is 20.3 Å². The number of carbonyl (C=O) groups is 2. The van der Waals surface area contributed by atoms with Gasteiger partial charge in [0.2, 0.25) is 17.7 Å². The number of hydrogen-bond acceptors (Lipinski definition) is 10. The van der Waals surface area contributed by atoms with E-state index in [1.807, 2.05) is 0 Å². The number of nitrogens with one attached hydrogen (secondary N) is 3. The Balaban J connectivity index is 2.18. The van der Waals surface area contributed by atoms with Gasteiger partial charge in [0.15, 0.2) is 5.03 Å². The number of rotatable bonds is 7. The maximum Gasteiger partial charge on any atom is 0.342 e. The van der Waals surface area contributed by atoms with Gasteiger partial charge in [-0.25, -0.2) is 14.3 Å². The van der Waals surface area contributed by atoms with Crippen LogP contribution in [0.4, 0.5) is 10.7 Å². The van der Waals surface area contributed by atoms with Crippen LogP contribution >= 0.6 is 0 Å². The van der Waals surface area contributed by atoms with Crippen molar-refractivity contribution in [3.63, 3.8) is 0 Å². The Morgan fingerprint density at radius 3 is 2.37 bits per heavy atom. The average Bonchev–Trinajstić information content (AvgIpc) is 3.12. The van der Waals surface area contributed by atoms with Gasteiger partial charge in [0.25, 0.3) is 10.0 Å². The number of aromatic nitrogens is 4. The summed E-state index contributed by atoms with van der Waals surface area (Å²) in [5.41, 5.74) is -0.351. The third-order valence-corrected chi connectivity index (χ3v) is 4.22. The summed E-state index contributed by atoms with van der Waals surface area (Å²) >= 11 is 0. The van der Waals surface area contributed by atoms with E-state index >= 15 is 0 Å². The first-order chi connectivity index (χ1) is 12.8. The zero-order chi connectivity index (χ0) is 20.0. The number of methoxy groups -OCH3 is 2. The van der Waals surface area contributed by atoms with Crippen LogP contribution in [0.25, 0.3) is 0 Å². The van der Waals surface area contributed by atoms with Crippen LogP contribution in [0.3, 0.4) is 0 Å². The molecule has 146 valence electrons. The van der Waals surface area contributed by atoms with E-state index in [4.69, 9.17) is 14.2 Å². The molecule has 0 saturated heterocycles. The van der Waals surface area contributed by atoms with Crippen LogP contribution in [0.1, 0.15) is 17.3 Å². The fourth-order valence-electron chi connectivity index (χ4n) is 1.80. The van der Waals surface area contributed by atoms with Crippen molar-refractivity contribution in [2.45, 2.75) is 11.9 Å². The van der Waals surface area contributed by atoms with E-state index in [0.29, 0.717) is 0 Å². The summed E-state index contributed by atoms with van der Waals surface area (Å²) in [5.74, 6) is -1.02. The quantitative estimate of drug-likeness (QED) is 0.532. The number of aromatic amines is 1. The molecule has 0 aromatic carbocycles. The summed E-state index contributed by atoms with van der Waals surface area (Å²) in [6, 6.07) is 0.172. The Kier molecular flexibility index (Phi) is 6.12. The summed E-state index contributed by atoms with van der Waals surface area (Å²) in [6.07, 6.45) is 0.973. The smallest absolute Gasteiger partial charge is 0.342 e. The van der Waals surface area contributed by atoms with Gasteiger partial charge in [0.1, 0.15) is 5.56 Å². The molecule has 2 heterocycles. The SMILES string of the molecule is CCOC(=O)c1cn[nH]c1S(=O)(=O)NC(=O)Nc1nc(OC)cc(OC)n1. The number of esters is 1. The highest BCUT2D eigenvalue weighted by Gasteiger charge is 2.28. The van der Waals surface area contributed by atoms with Crippen LogP contribution in [0.2, 0.25) is 0 Å². The summed E-state index contributed by atoms with van der Waals surface area (Å²) in [7, 11) is -1.78. The number of amides is 2. The summed E-state index contributed by atoms with van der Waals surface area (Å²) in [6.45, 7) is 1.59. The molecule has 0 spiro atoms. The molecule has 0 fully saturated rings. The van der Waals surface area contributed by atoms with Crippen LogP contribution in [-0.4, -0.2) is 61.4 Å². The van der Waals surface area contributed by atoms with Gasteiger partial charge < -0.3 is 14.2 Å². The minimum absolute atomic E-state index is 0.0342. The Hall–Kier alpha value is -3.42. The fraction of sp³-hybridized carbons (Fsp3) is 0.308. The number of nitrogens with zero attached hydrogens (tertiary/aromatic N) is 3. The Morgan fingerprint density at radius 2 is 1.81 bits per heavy atom. The Bertz CT molecular complexity index is 920. The standard InChI is InChI=1S/C13H16N6O7S/c1-4-26-11(20)7-6-14-18-10(7)27(22,23)19-13(21)17-12-15-8(24-2)5-9(16-12)25-3/h5-6H,4H2,1-3H3,(H,14,18)(H2,15,16,17,19,21). The lowest BCUT2D eigenvalue weighted by Crippen LogP contribution is -2.35. The van der Waals surface area contributed by atoms with Crippen LogP contribution in [0, 0.1) is 0 Å². The zero-order valence-corrected chi connectivity index (χ0v) is 15.3. The molecule has 0 aliphatic carbocycles. The first kappa shape index (κ1) is 19.9. The number of anilines is 1. The van der Waals surface area contributed by atoms with Gasteiger partial charge in [-0.05, 0) is 6.92 Å². The molecule has 0 unspecified atom stereocenters. The zero-order valence-electron chi connectivity index (χ0n) is 14.5. The normalized spacial score (nSPS) is 10.8. The minimum Gasteiger partial charge on any atom is -0.481 e. The van der Waals surface area contributed by atoms with Crippen molar-refractivity contribution in [2.24, 2.45) is 0 Å². The van der Waals surface area contributed by atoms with Gasteiger partial charge >= 0.3 is 12.0 Å². The maximum absolute atomic E-state index is 12.3. The van der Waals surface area contributed by atoms with Crippen LogP contribution in [0.15, 0.2) is 17.3 Å². The highest BCUT2D eigenvalue weighted by Crippen LogP contribution is 2.17. The topological polar surface area (TPSA) is 174 Å². The molecule has 2 amide bonds. The van der Waals surface area contributed by atoms with Gasteiger partial charge in [-0.1, -0.05) is 0 Å². The third-order valence-electron chi connectivity index (χ3n) is 2.92. The van der Waals surface area contributed by atoms with E-state index < -0.39 is 27.0 Å². The molecule has 0 atom stereocenters. The first-order valence-corrected chi connectivity index (χ1v) is 8.80. The molecular weight excluding hydrogens is 384 g/mol.